The molecule has 104 valence electrons. The fourth-order valence-corrected chi connectivity index (χ4v) is 4.59. The van der Waals surface area contributed by atoms with E-state index in [0.29, 0.717) is 12.5 Å². The van der Waals surface area contributed by atoms with Crippen molar-refractivity contribution in [3.63, 3.8) is 0 Å². The Hall–Kier alpha value is 0.390. The van der Waals surface area contributed by atoms with Gasteiger partial charge in [-0.1, -0.05) is 63.4 Å². The standard InChI is InChI=1S/C12H26BrNO2S/c1-6-10(7-2)11(13)8-14-17(15,16)9-12(3,4)5/h10-11,14H,6-9H2,1-5H3. The minimum absolute atomic E-state index is 0.169. The number of hydrogen-bond donors (Lipinski definition) is 1. The van der Waals surface area contributed by atoms with Crippen LogP contribution in [-0.2, 0) is 10.0 Å². The van der Waals surface area contributed by atoms with Crippen molar-refractivity contribution < 1.29 is 8.42 Å². The molecule has 0 aliphatic carbocycles. The van der Waals surface area contributed by atoms with Crippen molar-refractivity contribution in [3.05, 3.63) is 0 Å². The van der Waals surface area contributed by atoms with Crippen LogP contribution in [0.2, 0.25) is 0 Å². The van der Waals surface area contributed by atoms with Crippen LogP contribution in [-0.4, -0.2) is 25.5 Å². The molecule has 0 aromatic carbocycles. The maximum Gasteiger partial charge on any atom is 0.212 e. The molecule has 0 fully saturated rings. The summed E-state index contributed by atoms with van der Waals surface area (Å²) in [4.78, 5) is 0.215. The van der Waals surface area contributed by atoms with Crippen molar-refractivity contribution in [3.8, 4) is 0 Å². The van der Waals surface area contributed by atoms with Gasteiger partial charge in [0.15, 0.2) is 0 Å². The van der Waals surface area contributed by atoms with Crippen molar-refractivity contribution in [2.75, 3.05) is 12.3 Å². The van der Waals surface area contributed by atoms with Crippen LogP contribution in [0.5, 0.6) is 0 Å². The Bertz CT molecular complexity index is 305. The van der Waals surface area contributed by atoms with Gasteiger partial charge in [-0.3, -0.25) is 0 Å². The van der Waals surface area contributed by atoms with E-state index in [2.05, 4.69) is 34.5 Å². The Morgan fingerprint density at radius 2 is 1.65 bits per heavy atom. The molecule has 5 heteroatoms. The monoisotopic (exact) mass is 327 g/mol. The summed E-state index contributed by atoms with van der Waals surface area (Å²) in [6.07, 6.45) is 2.13. The first-order valence-corrected chi connectivity index (χ1v) is 8.79. The summed E-state index contributed by atoms with van der Waals surface area (Å²) in [5.74, 6) is 0.690. The molecule has 0 bridgehead atoms. The summed E-state index contributed by atoms with van der Waals surface area (Å²) in [6, 6.07) is 0. The van der Waals surface area contributed by atoms with E-state index in [1.54, 1.807) is 0 Å². The molecular weight excluding hydrogens is 302 g/mol. The van der Waals surface area contributed by atoms with Gasteiger partial charge in [0.05, 0.1) is 5.75 Å². The molecule has 0 saturated heterocycles. The average Bonchev–Trinajstić information content (AvgIpc) is 2.13. The van der Waals surface area contributed by atoms with Crippen LogP contribution in [0.1, 0.15) is 47.5 Å². The highest BCUT2D eigenvalue weighted by Gasteiger charge is 2.23. The lowest BCUT2D eigenvalue weighted by molar-refractivity contribution is 0.450. The molecule has 17 heavy (non-hydrogen) atoms. The van der Waals surface area contributed by atoms with Crippen molar-refractivity contribution in [1.82, 2.24) is 4.72 Å². The molecule has 0 saturated carbocycles. The van der Waals surface area contributed by atoms with Gasteiger partial charge in [0, 0.05) is 11.4 Å². The quantitative estimate of drug-likeness (QED) is 0.730. The van der Waals surface area contributed by atoms with Crippen molar-refractivity contribution in [2.24, 2.45) is 11.3 Å². The zero-order valence-corrected chi connectivity index (χ0v) is 14.0. The van der Waals surface area contributed by atoms with Gasteiger partial charge < -0.3 is 0 Å². The van der Waals surface area contributed by atoms with Gasteiger partial charge in [0.2, 0.25) is 10.0 Å². The third-order valence-corrected chi connectivity index (χ3v) is 5.61. The molecule has 0 aliphatic rings. The Morgan fingerprint density at radius 3 is 2.00 bits per heavy atom. The third kappa shape index (κ3) is 8.16. The molecule has 0 aromatic rings. The van der Waals surface area contributed by atoms with Crippen molar-refractivity contribution in [1.29, 1.82) is 0 Å². The second-order valence-corrected chi connectivity index (χ2v) is 8.74. The van der Waals surface area contributed by atoms with Crippen LogP contribution in [0.4, 0.5) is 0 Å². The second-order valence-electron chi connectivity index (χ2n) is 5.76. The first-order valence-electron chi connectivity index (χ1n) is 6.22. The molecule has 0 heterocycles. The van der Waals surface area contributed by atoms with E-state index in [0.717, 1.165) is 12.8 Å². The van der Waals surface area contributed by atoms with E-state index in [4.69, 9.17) is 0 Å². The van der Waals surface area contributed by atoms with Gasteiger partial charge in [0.25, 0.3) is 0 Å². The number of sulfonamides is 1. The largest absolute Gasteiger partial charge is 0.214 e. The lowest BCUT2D eigenvalue weighted by atomic mass is 10.00. The average molecular weight is 328 g/mol. The third-order valence-electron chi connectivity index (χ3n) is 2.68. The van der Waals surface area contributed by atoms with E-state index >= 15 is 0 Å². The van der Waals surface area contributed by atoms with Crippen LogP contribution in [0.15, 0.2) is 0 Å². The van der Waals surface area contributed by atoms with Crippen LogP contribution < -0.4 is 4.72 Å². The predicted molar refractivity (Wildman–Crippen MR) is 78.0 cm³/mol. The second kappa shape index (κ2) is 7.10. The molecule has 0 aliphatic heterocycles. The molecule has 0 aromatic heterocycles. The Kier molecular flexibility index (Phi) is 7.26. The zero-order chi connectivity index (χ0) is 13.7. The van der Waals surface area contributed by atoms with Gasteiger partial charge in [0.1, 0.15) is 0 Å². The topological polar surface area (TPSA) is 46.2 Å². The molecule has 1 atom stereocenters. The highest BCUT2D eigenvalue weighted by Crippen LogP contribution is 2.20. The first-order chi connectivity index (χ1) is 7.61. The zero-order valence-electron chi connectivity index (χ0n) is 11.6. The Balaban J connectivity index is 4.28. The SMILES string of the molecule is CCC(CC)C(Br)CNS(=O)(=O)CC(C)(C)C. The van der Waals surface area contributed by atoms with E-state index in [9.17, 15) is 8.42 Å². The van der Waals surface area contributed by atoms with Crippen LogP contribution in [0.3, 0.4) is 0 Å². The molecule has 3 nitrogen and oxygen atoms in total. The first kappa shape index (κ1) is 17.4. The van der Waals surface area contributed by atoms with E-state index in [1.807, 2.05) is 20.8 Å². The predicted octanol–water partition coefficient (Wildman–Crippen LogP) is 3.15. The molecule has 1 N–H and O–H groups in total. The highest BCUT2D eigenvalue weighted by atomic mass is 79.9. The van der Waals surface area contributed by atoms with E-state index < -0.39 is 10.0 Å². The van der Waals surface area contributed by atoms with E-state index in [-0.39, 0.29) is 16.0 Å². The summed E-state index contributed by atoms with van der Waals surface area (Å²) in [5.41, 5.74) is -0.206. The summed E-state index contributed by atoms with van der Waals surface area (Å²) >= 11 is 3.57. The molecule has 1 unspecified atom stereocenters. The van der Waals surface area contributed by atoms with Crippen molar-refractivity contribution in [2.45, 2.75) is 52.3 Å². The van der Waals surface area contributed by atoms with Crippen LogP contribution >= 0.6 is 15.9 Å². The minimum atomic E-state index is -3.16. The van der Waals surface area contributed by atoms with Gasteiger partial charge in [-0.25, -0.2) is 13.1 Å². The Morgan fingerprint density at radius 1 is 1.18 bits per heavy atom. The lowest BCUT2D eigenvalue weighted by Crippen LogP contribution is -2.37. The molecule has 0 amide bonds. The number of rotatable bonds is 7. The Labute approximate surface area is 115 Å². The lowest BCUT2D eigenvalue weighted by Gasteiger charge is -2.22. The fraction of sp³-hybridized carbons (Fsp3) is 1.00. The van der Waals surface area contributed by atoms with Gasteiger partial charge in [-0.05, 0) is 11.3 Å². The molecule has 0 radical (unpaired) electrons. The molecule has 0 rings (SSSR count). The van der Waals surface area contributed by atoms with Gasteiger partial charge in [-0.15, -0.1) is 0 Å². The maximum atomic E-state index is 11.8. The minimum Gasteiger partial charge on any atom is -0.214 e. The summed E-state index contributed by atoms with van der Waals surface area (Å²) in [5, 5.41) is 0. The van der Waals surface area contributed by atoms with Crippen molar-refractivity contribution >= 4 is 26.0 Å². The van der Waals surface area contributed by atoms with Crippen LogP contribution in [0.25, 0.3) is 0 Å². The number of halogens is 1. The number of nitrogens with one attached hydrogen (secondary N) is 1. The van der Waals surface area contributed by atoms with Gasteiger partial charge >= 0.3 is 0 Å². The smallest absolute Gasteiger partial charge is 0.212 e. The number of alkyl halides is 1. The maximum absolute atomic E-state index is 11.8. The van der Waals surface area contributed by atoms with Gasteiger partial charge in [-0.2, -0.15) is 0 Å². The summed E-state index contributed by atoms with van der Waals surface area (Å²) in [7, 11) is -3.16. The summed E-state index contributed by atoms with van der Waals surface area (Å²) < 4.78 is 26.3. The molecule has 0 spiro atoms. The normalized spacial score (nSPS) is 15.2. The number of hydrogen-bond acceptors (Lipinski definition) is 2. The summed E-state index contributed by atoms with van der Waals surface area (Å²) in [6.45, 7) is 10.5. The van der Waals surface area contributed by atoms with Crippen LogP contribution in [0, 0.1) is 11.3 Å². The fourth-order valence-electron chi connectivity index (χ4n) is 1.79. The molecular formula is C12H26BrNO2S. The van der Waals surface area contributed by atoms with E-state index in [1.165, 1.54) is 0 Å². The highest BCUT2D eigenvalue weighted by molar-refractivity contribution is 9.09.